The van der Waals surface area contributed by atoms with E-state index in [1.54, 1.807) is 0 Å². The van der Waals surface area contributed by atoms with Crippen molar-refractivity contribution < 1.29 is 163 Å². The monoisotopic (exact) mass is 881 g/mol. The fourth-order valence-electron chi connectivity index (χ4n) is 4.41. The van der Waals surface area contributed by atoms with Gasteiger partial charge in [0, 0.05) is 16.2 Å². The van der Waals surface area contributed by atoms with E-state index in [1.165, 1.54) is 91.0 Å². The first-order chi connectivity index (χ1) is 22.9. The summed E-state index contributed by atoms with van der Waals surface area (Å²) in [6.45, 7) is 0. The number of hydrogen-bond donors (Lipinski definition) is 0. The Balaban J connectivity index is -0.000000333. The zero-order valence-corrected chi connectivity index (χ0v) is 37.9. The summed E-state index contributed by atoms with van der Waals surface area (Å²) in [4.78, 5) is 31.8. The molecule has 6 aromatic rings. The van der Waals surface area contributed by atoms with Crippen molar-refractivity contribution in [1.82, 2.24) is 0 Å². The average molecular weight is 881 g/mol. The Bertz CT molecular complexity index is 2230. The van der Waals surface area contributed by atoms with Gasteiger partial charge in [0.2, 0.25) is 0 Å². The van der Waals surface area contributed by atoms with Crippen molar-refractivity contribution in [3.8, 4) is 17.2 Å². The molecule has 55 heavy (non-hydrogen) atoms. The molecule has 18 nitrogen and oxygen atoms in total. The predicted octanol–water partition coefficient (Wildman–Crippen LogP) is -3.58. The third-order valence-corrected chi connectivity index (χ3v) is 8.55. The molecule has 0 aliphatic rings. The minimum atomic E-state index is -2.34. The van der Waals surface area contributed by atoms with Gasteiger partial charge in [-0.15, -0.1) is 14.7 Å². The van der Waals surface area contributed by atoms with Crippen molar-refractivity contribution in [3.05, 3.63) is 106 Å². The number of nitroso groups, excluding NO2 is 3. The molecule has 25 heteroatoms. The van der Waals surface area contributed by atoms with E-state index in [2.05, 4.69) is 15.5 Å². The number of hydrogen-bond acceptors (Lipinski definition) is 21. The van der Waals surface area contributed by atoms with E-state index < -0.39 is 49.4 Å². The van der Waals surface area contributed by atoms with Crippen molar-refractivity contribution in [2.75, 3.05) is 0 Å². The second kappa shape index (κ2) is 27.2. The SMILES string of the molecule is O=Nc1c([O-])ccc2cc([S-](=O)=O)ccc12.O=Nc1c([O-])ccc2cc([S-](=O)=O)ccc12.O=Nc1c([O-])ccc2cc([S-](=O)=O)ccc12.[Fe+3].[Na+].[Na+].[Na+].[OH-].[OH-].[OH-]. The fourth-order valence-corrected chi connectivity index (χ4v) is 5.61. The van der Waals surface area contributed by atoms with Crippen LogP contribution in [0.15, 0.2) is 121 Å². The number of nitrogens with zero attached hydrogens (tertiary/aromatic N) is 3. The van der Waals surface area contributed by atoms with Crippen molar-refractivity contribution >= 4 is 81.5 Å². The summed E-state index contributed by atoms with van der Waals surface area (Å²) in [5.74, 6) is -1.42. The zero-order valence-electron chi connectivity index (χ0n) is 28.3. The molecular formula is C30H18FeN3Na3O15S3-3. The number of benzene rings is 6. The van der Waals surface area contributed by atoms with Crippen LogP contribution in [0.1, 0.15) is 0 Å². The minimum absolute atomic E-state index is 0. The van der Waals surface area contributed by atoms with Crippen LogP contribution >= 0.6 is 0 Å². The second-order valence-corrected chi connectivity index (χ2v) is 12.2. The molecule has 3 N–H and O–H groups in total. The Morgan fingerprint density at radius 1 is 0.382 bits per heavy atom. The molecule has 1 radical (unpaired) electrons. The maximum atomic E-state index is 11.3. The molecule has 0 amide bonds. The van der Waals surface area contributed by atoms with Gasteiger partial charge in [-0.1, -0.05) is 123 Å². The van der Waals surface area contributed by atoms with Gasteiger partial charge >= 0.3 is 106 Å². The van der Waals surface area contributed by atoms with E-state index in [9.17, 15) is 55.3 Å². The maximum Gasteiger partial charge on any atom is 3.00 e. The van der Waals surface area contributed by atoms with Gasteiger partial charge in [0.25, 0.3) is 0 Å². The van der Waals surface area contributed by atoms with Gasteiger partial charge in [0.05, 0.1) is 0 Å². The fraction of sp³-hybridized carbons (Fsp3) is 0. The summed E-state index contributed by atoms with van der Waals surface area (Å²) >= 11 is 0. The topological polar surface area (TPSA) is 350 Å². The first-order valence-corrected chi connectivity index (χ1v) is 16.1. The van der Waals surface area contributed by atoms with E-state index in [4.69, 9.17) is 0 Å². The molecule has 6 aromatic carbocycles. The van der Waals surface area contributed by atoms with E-state index in [0.717, 1.165) is 0 Å². The minimum Gasteiger partial charge on any atom is -0.871 e. The quantitative estimate of drug-likeness (QED) is 0.0887. The van der Waals surface area contributed by atoms with Crippen LogP contribution in [0, 0.1) is 14.7 Å². The average Bonchev–Trinajstić information content (AvgIpc) is 3.08. The largest absolute Gasteiger partial charge is 3.00 e. The summed E-state index contributed by atoms with van der Waals surface area (Å²) in [6.07, 6.45) is 0. The molecule has 0 aliphatic carbocycles. The van der Waals surface area contributed by atoms with Crippen LogP contribution in [0.2, 0.25) is 0 Å². The third-order valence-electron chi connectivity index (χ3n) is 6.63. The molecule has 0 spiro atoms. The molecule has 0 saturated carbocycles. The Labute approximate surface area is 392 Å². The number of rotatable bonds is 6. The maximum absolute atomic E-state index is 11.3. The van der Waals surface area contributed by atoms with E-state index >= 15 is 0 Å². The van der Waals surface area contributed by atoms with Crippen LogP contribution in [0.4, 0.5) is 17.1 Å². The zero-order chi connectivity index (χ0) is 35.1. The van der Waals surface area contributed by atoms with Crippen LogP contribution in [-0.2, 0) is 74.4 Å². The van der Waals surface area contributed by atoms with E-state index in [-0.39, 0.29) is 154 Å². The molecule has 0 heterocycles. The first-order valence-electron chi connectivity index (χ1n) is 12.9. The van der Waals surface area contributed by atoms with E-state index in [0.29, 0.717) is 32.3 Å². The van der Waals surface area contributed by atoms with Gasteiger partial charge in [0.15, 0.2) is 0 Å². The summed E-state index contributed by atoms with van der Waals surface area (Å²) in [5, 5.41) is 44.3. The standard InChI is InChI=1S/3C10H6NO4S.Fe.3Na.3H2O/c3*12-9-4-1-6-5-7(16(14)15)2-3-8(6)10(9)11-13;;;;;;;/h3*1-5,12H;;;;;3*1H2/q3*-1;+3;3*+1;;;/p-6. The van der Waals surface area contributed by atoms with Crippen molar-refractivity contribution in [3.63, 3.8) is 0 Å². The smallest absolute Gasteiger partial charge is 0.871 e. The Hall–Kier alpha value is -2.45. The predicted molar refractivity (Wildman–Crippen MR) is 173 cm³/mol. The molecule has 275 valence electrons. The molecule has 0 fully saturated rings. The molecule has 0 aromatic heterocycles. The van der Waals surface area contributed by atoms with Gasteiger partial charge in [-0.3, -0.25) is 0 Å². The van der Waals surface area contributed by atoms with Crippen LogP contribution in [0.3, 0.4) is 0 Å². The van der Waals surface area contributed by atoms with Crippen molar-refractivity contribution in [2.24, 2.45) is 15.5 Å². The Kier molecular flexibility index (Phi) is 29.3. The van der Waals surface area contributed by atoms with Crippen LogP contribution in [0.25, 0.3) is 32.3 Å². The molecule has 0 unspecified atom stereocenters. The van der Waals surface area contributed by atoms with Gasteiger partial charge < -0.3 is 57.0 Å². The van der Waals surface area contributed by atoms with Gasteiger partial charge in [0.1, 0.15) is 17.1 Å². The van der Waals surface area contributed by atoms with Crippen molar-refractivity contribution in [1.29, 1.82) is 0 Å². The Morgan fingerprint density at radius 2 is 0.600 bits per heavy atom. The van der Waals surface area contributed by atoms with Gasteiger partial charge in [-0.2, -0.15) is 0 Å². The molecule has 0 atom stereocenters. The molecule has 0 bridgehead atoms. The van der Waals surface area contributed by atoms with Crippen LogP contribution in [-0.4, -0.2) is 16.4 Å². The molecule has 0 aliphatic heterocycles. The van der Waals surface area contributed by atoms with Gasteiger partial charge in [-0.25, -0.2) is 0 Å². The molecule has 6 rings (SSSR count). The molecular weight excluding hydrogens is 863 g/mol. The normalized spacial score (nSPS) is 9.44. The molecule has 0 saturated heterocycles. The van der Waals surface area contributed by atoms with E-state index in [1.807, 2.05) is 0 Å². The second-order valence-electron chi connectivity index (χ2n) is 9.36. The summed E-state index contributed by atoms with van der Waals surface area (Å²) in [5.41, 5.74) is -0.581. The van der Waals surface area contributed by atoms with Crippen LogP contribution in [0.5, 0.6) is 17.2 Å². The summed E-state index contributed by atoms with van der Waals surface area (Å²) < 4.78 is 64.3. The summed E-state index contributed by atoms with van der Waals surface area (Å²) in [7, 11) is -7.01. The Morgan fingerprint density at radius 3 is 0.782 bits per heavy atom. The van der Waals surface area contributed by atoms with Gasteiger partial charge in [-0.05, 0) is 63.8 Å². The third kappa shape index (κ3) is 14.5. The number of fused-ring (bicyclic) bond motifs is 3. The van der Waals surface area contributed by atoms with Crippen molar-refractivity contribution in [2.45, 2.75) is 14.7 Å². The summed E-state index contributed by atoms with van der Waals surface area (Å²) in [6, 6.07) is 20.3. The van der Waals surface area contributed by atoms with Crippen LogP contribution < -0.4 is 104 Å². The first kappa shape index (κ1) is 59.2.